The lowest BCUT2D eigenvalue weighted by atomic mass is 10.0. The molecule has 3 rings (SSSR count). The number of piperidine rings is 1. The zero-order valence-corrected chi connectivity index (χ0v) is 14.4. The van der Waals surface area contributed by atoms with Gasteiger partial charge < -0.3 is 4.57 Å². The second kappa shape index (κ2) is 7.75. The molecule has 0 aliphatic carbocycles. The number of likely N-dealkylation sites (tertiary alicyclic amines) is 1. The van der Waals surface area contributed by atoms with E-state index < -0.39 is 0 Å². The van der Waals surface area contributed by atoms with Gasteiger partial charge in [0.2, 0.25) is 0 Å². The third kappa shape index (κ3) is 4.21. The van der Waals surface area contributed by atoms with E-state index in [1.165, 1.54) is 37.2 Å². The molecule has 0 unspecified atom stereocenters. The van der Waals surface area contributed by atoms with Gasteiger partial charge in [-0.1, -0.05) is 30.3 Å². The van der Waals surface area contributed by atoms with E-state index in [2.05, 4.69) is 63.7 Å². The van der Waals surface area contributed by atoms with Gasteiger partial charge in [0.15, 0.2) is 0 Å². The molecule has 0 bridgehead atoms. The predicted molar refractivity (Wildman–Crippen MR) is 94.1 cm³/mol. The molecule has 23 heavy (non-hydrogen) atoms. The Morgan fingerprint density at radius 1 is 1.17 bits per heavy atom. The summed E-state index contributed by atoms with van der Waals surface area (Å²) >= 11 is 0. The lowest BCUT2D eigenvalue weighted by molar-refractivity contribution is 0.117. The molecule has 1 aliphatic rings. The summed E-state index contributed by atoms with van der Waals surface area (Å²) in [7, 11) is 2.26. The molecule has 124 valence electrons. The Bertz CT molecular complexity index is 584. The predicted octanol–water partition coefficient (Wildman–Crippen LogP) is 3.00. The standard InChI is InChI=1S/C19H28N4/c1-3-23-16-20-13-19(23)15-22-11-9-18(10-12-22)21(2)14-17-7-5-4-6-8-17/h4-8,13,16,18H,3,9-12,14-15H2,1-2H3. The van der Waals surface area contributed by atoms with Gasteiger partial charge in [-0.25, -0.2) is 4.98 Å². The second-order valence-corrected chi connectivity index (χ2v) is 6.58. The molecule has 0 atom stereocenters. The van der Waals surface area contributed by atoms with Crippen LogP contribution in [-0.4, -0.2) is 45.5 Å². The highest BCUT2D eigenvalue weighted by Crippen LogP contribution is 2.19. The number of benzene rings is 1. The normalized spacial score (nSPS) is 17.0. The number of nitrogens with zero attached hydrogens (tertiary/aromatic N) is 4. The first-order valence-corrected chi connectivity index (χ1v) is 8.71. The summed E-state index contributed by atoms with van der Waals surface area (Å²) in [6.45, 7) is 7.62. The van der Waals surface area contributed by atoms with Crippen LogP contribution in [0.3, 0.4) is 0 Å². The van der Waals surface area contributed by atoms with Crippen molar-refractivity contribution in [3.63, 3.8) is 0 Å². The Balaban J connectivity index is 1.48. The number of rotatable bonds is 6. The van der Waals surface area contributed by atoms with Gasteiger partial charge in [0, 0.05) is 45.0 Å². The average molecular weight is 312 g/mol. The molecule has 4 heteroatoms. The van der Waals surface area contributed by atoms with Crippen molar-refractivity contribution in [3.05, 3.63) is 54.1 Å². The Morgan fingerprint density at radius 2 is 1.91 bits per heavy atom. The van der Waals surface area contributed by atoms with E-state index in [1.807, 2.05) is 12.5 Å². The average Bonchev–Trinajstić information content (AvgIpc) is 3.03. The maximum atomic E-state index is 4.28. The summed E-state index contributed by atoms with van der Waals surface area (Å²) in [5, 5.41) is 0. The van der Waals surface area contributed by atoms with Crippen molar-refractivity contribution in [2.75, 3.05) is 20.1 Å². The highest BCUT2D eigenvalue weighted by Gasteiger charge is 2.23. The number of hydrogen-bond acceptors (Lipinski definition) is 3. The molecular formula is C19H28N4. The number of aromatic nitrogens is 2. The maximum absolute atomic E-state index is 4.28. The summed E-state index contributed by atoms with van der Waals surface area (Å²) in [6, 6.07) is 11.5. The van der Waals surface area contributed by atoms with Gasteiger partial charge in [-0.2, -0.15) is 0 Å². The minimum absolute atomic E-state index is 0.697. The van der Waals surface area contributed by atoms with Gasteiger partial charge in [-0.05, 0) is 32.4 Å². The molecule has 0 radical (unpaired) electrons. The lowest BCUT2D eigenvalue weighted by Gasteiger charge is -2.36. The SMILES string of the molecule is CCn1cncc1CN1CCC(N(C)Cc2ccccc2)CC1. The van der Waals surface area contributed by atoms with Crippen molar-refractivity contribution in [1.29, 1.82) is 0 Å². The topological polar surface area (TPSA) is 24.3 Å². The Hall–Kier alpha value is -1.65. The van der Waals surface area contributed by atoms with Crippen LogP contribution >= 0.6 is 0 Å². The van der Waals surface area contributed by atoms with Crippen LogP contribution in [0, 0.1) is 0 Å². The van der Waals surface area contributed by atoms with E-state index in [4.69, 9.17) is 0 Å². The zero-order chi connectivity index (χ0) is 16.1. The minimum Gasteiger partial charge on any atom is -0.334 e. The summed E-state index contributed by atoms with van der Waals surface area (Å²) in [6.07, 6.45) is 6.46. The Morgan fingerprint density at radius 3 is 2.61 bits per heavy atom. The molecule has 0 amide bonds. The van der Waals surface area contributed by atoms with E-state index >= 15 is 0 Å². The highest BCUT2D eigenvalue weighted by molar-refractivity contribution is 5.14. The fraction of sp³-hybridized carbons (Fsp3) is 0.526. The van der Waals surface area contributed by atoms with Gasteiger partial charge in [0.25, 0.3) is 0 Å². The van der Waals surface area contributed by atoms with Gasteiger partial charge in [-0.15, -0.1) is 0 Å². The van der Waals surface area contributed by atoms with E-state index in [0.29, 0.717) is 6.04 Å². The van der Waals surface area contributed by atoms with Crippen molar-refractivity contribution >= 4 is 0 Å². The van der Waals surface area contributed by atoms with E-state index in [1.54, 1.807) is 0 Å². The molecule has 2 aromatic rings. The van der Waals surface area contributed by atoms with Crippen LogP contribution in [0.1, 0.15) is 31.0 Å². The van der Waals surface area contributed by atoms with E-state index in [-0.39, 0.29) is 0 Å². The van der Waals surface area contributed by atoms with E-state index in [0.717, 1.165) is 19.6 Å². The lowest BCUT2D eigenvalue weighted by Crippen LogP contribution is -2.42. The Kier molecular flexibility index (Phi) is 5.47. The van der Waals surface area contributed by atoms with Gasteiger partial charge in [0.1, 0.15) is 0 Å². The van der Waals surface area contributed by atoms with Gasteiger partial charge in [0.05, 0.1) is 12.0 Å². The summed E-state index contributed by atoms with van der Waals surface area (Å²) in [5.74, 6) is 0. The van der Waals surface area contributed by atoms with E-state index in [9.17, 15) is 0 Å². The van der Waals surface area contributed by atoms with Crippen molar-refractivity contribution in [2.45, 2.75) is 45.4 Å². The third-order valence-corrected chi connectivity index (χ3v) is 4.98. The first kappa shape index (κ1) is 16.2. The molecule has 1 fully saturated rings. The smallest absolute Gasteiger partial charge is 0.0948 e. The second-order valence-electron chi connectivity index (χ2n) is 6.58. The fourth-order valence-corrected chi connectivity index (χ4v) is 3.51. The molecule has 2 heterocycles. The van der Waals surface area contributed by atoms with Crippen molar-refractivity contribution in [3.8, 4) is 0 Å². The highest BCUT2D eigenvalue weighted by atomic mass is 15.2. The fourth-order valence-electron chi connectivity index (χ4n) is 3.51. The van der Waals surface area contributed by atoms with Crippen LogP contribution in [0.2, 0.25) is 0 Å². The third-order valence-electron chi connectivity index (χ3n) is 4.98. The maximum Gasteiger partial charge on any atom is 0.0948 e. The summed E-state index contributed by atoms with van der Waals surface area (Å²) < 4.78 is 2.24. The molecular weight excluding hydrogens is 284 g/mol. The molecule has 1 saturated heterocycles. The van der Waals surface area contributed by atoms with Gasteiger partial charge >= 0.3 is 0 Å². The number of aryl methyl sites for hydroxylation is 1. The molecule has 1 aliphatic heterocycles. The van der Waals surface area contributed by atoms with Crippen molar-refractivity contribution in [2.24, 2.45) is 0 Å². The quantitative estimate of drug-likeness (QED) is 0.819. The van der Waals surface area contributed by atoms with Crippen molar-refractivity contribution < 1.29 is 0 Å². The molecule has 1 aromatic heterocycles. The summed E-state index contributed by atoms with van der Waals surface area (Å²) in [5.41, 5.74) is 2.74. The molecule has 0 N–H and O–H groups in total. The largest absolute Gasteiger partial charge is 0.334 e. The van der Waals surface area contributed by atoms with Crippen LogP contribution in [-0.2, 0) is 19.6 Å². The number of imidazole rings is 1. The number of hydrogen-bond donors (Lipinski definition) is 0. The van der Waals surface area contributed by atoms with Crippen LogP contribution in [0.4, 0.5) is 0 Å². The van der Waals surface area contributed by atoms with Crippen molar-refractivity contribution in [1.82, 2.24) is 19.4 Å². The zero-order valence-electron chi connectivity index (χ0n) is 14.4. The molecule has 4 nitrogen and oxygen atoms in total. The monoisotopic (exact) mass is 312 g/mol. The first-order valence-electron chi connectivity index (χ1n) is 8.71. The molecule has 0 spiro atoms. The Labute approximate surface area is 139 Å². The van der Waals surface area contributed by atoms with Crippen LogP contribution < -0.4 is 0 Å². The molecule has 0 saturated carbocycles. The van der Waals surface area contributed by atoms with Crippen LogP contribution in [0.15, 0.2) is 42.9 Å². The molecule has 1 aromatic carbocycles. The minimum atomic E-state index is 0.697. The van der Waals surface area contributed by atoms with Crippen LogP contribution in [0.25, 0.3) is 0 Å². The van der Waals surface area contributed by atoms with Crippen LogP contribution in [0.5, 0.6) is 0 Å². The summed E-state index contributed by atoms with van der Waals surface area (Å²) in [4.78, 5) is 9.36. The first-order chi connectivity index (χ1) is 11.3. The van der Waals surface area contributed by atoms with Gasteiger partial charge in [-0.3, -0.25) is 9.80 Å².